The molecule has 2 aromatic carbocycles. The van der Waals surface area contributed by atoms with Crippen LogP contribution in [0.3, 0.4) is 0 Å². The smallest absolute Gasteiger partial charge is 0.249 e. The molecular weight excluding hydrogens is 382 g/mol. The number of halogens is 2. The number of aromatic nitrogens is 1. The fraction of sp³-hybridized carbons (Fsp3) is 0.176. The molecule has 5 nitrogen and oxygen atoms in total. The third-order valence-electron chi connectivity index (χ3n) is 3.75. The maximum Gasteiger partial charge on any atom is 0.249 e. The van der Waals surface area contributed by atoms with Gasteiger partial charge in [-0.1, -0.05) is 11.3 Å². The molecule has 0 aliphatic carbocycles. The predicted octanol–water partition coefficient (Wildman–Crippen LogP) is 2.81. The summed E-state index contributed by atoms with van der Waals surface area (Å²) in [5.74, 6) is -1.95. The summed E-state index contributed by atoms with van der Waals surface area (Å²) in [4.78, 5) is 16.3. The van der Waals surface area contributed by atoms with Crippen molar-refractivity contribution in [2.24, 2.45) is 12.0 Å². The van der Waals surface area contributed by atoms with Crippen molar-refractivity contribution < 1.29 is 22.0 Å². The fourth-order valence-electron chi connectivity index (χ4n) is 2.36. The van der Waals surface area contributed by atoms with Gasteiger partial charge in [-0.25, -0.2) is 17.2 Å². The van der Waals surface area contributed by atoms with Crippen molar-refractivity contribution in [1.29, 1.82) is 0 Å². The lowest BCUT2D eigenvalue weighted by atomic mass is 10.3. The minimum atomic E-state index is -3.71. The number of carbonyl (C=O) groups is 1. The van der Waals surface area contributed by atoms with Crippen LogP contribution in [0.2, 0.25) is 0 Å². The first kappa shape index (κ1) is 18.4. The number of hydrogen-bond acceptors (Lipinski definition) is 4. The number of thiazole rings is 1. The van der Waals surface area contributed by atoms with E-state index in [1.165, 1.54) is 12.1 Å². The molecule has 0 aliphatic heterocycles. The molecule has 136 valence electrons. The van der Waals surface area contributed by atoms with Crippen LogP contribution in [0.25, 0.3) is 10.2 Å². The summed E-state index contributed by atoms with van der Waals surface area (Å²) >= 11 is 1.14. The molecule has 9 heteroatoms. The molecule has 3 rings (SSSR count). The van der Waals surface area contributed by atoms with Crippen molar-refractivity contribution in [2.75, 3.05) is 5.75 Å². The summed E-state index contributed by atoms with van der Waals surface area (Å²) in [7, 11) is -2.01. The zero-order valence-corrected chi connectivity index (χ0v) is 15.3. The van der Waals surface area contributed by atoms with E-state index < -0.39 is 27.3 Å². The number of amides is 1. The second-order valence-corrected chi connectivity index (χ2v) is 8.70. The van der Waals surface area contributed by atoms with Gasteiger partial charge < -0.3 is 4.57 Å². The van der Waals surface area contributed by atoms with Crippen LogP contribution in [0.15, 0.2) is 52.4 Å². The number of carbonyl (C=O) groups excluding carboxylic acids is 1. The quantitative estimate of drug-likeness (QED) is 0.637. The van der Waals surface area contributed by atoms with Crippen LogP contribution in [0.4, 0.5) is 8.78 Å². The van der Waals surface area contributed by atoms with E-state index in [9.17, 15) is 22.0 Å². The zero-order valence-electron chi connectivity index (χ0n) is 13.6. The van der Waals surface area contributed by atoms with Crippen LogP contribution in [-0.2, 0) is 21.7 Å². The van der Waals surface area contributed by atoms with Gasteiger partial charge in [0.05, 0.1) is 20.9 Å². The SMILES string of the molecule is Cn1c(=NC(=O)CCS(=O)(=O)c2ccc(F)cc2)sc2cc(F)ccc21. The summed E-state index contributed by atoms with van der Waals surface area (Å²) < 4.78 is 52.8. The van der Waals surface area contributed by atoms with E-state index in [1.54, 1.807) is 17.7 Å². The third-order valence-corrected chi connectivity index (χ3v) is 6.58. The van der Waals surface area contributed by atoms with E-state index in [0.717, 1.165) is 41.1 Å². The first-order chi connectivity index (χ1) is 12.3. The minimum absolute atomic E-state index is 0.0467. The number of fused-ring (bicyclic) bond motifs is 1. The third kappa shape index (κ3) is 3.88. The Morgan fingerprint density at radius 2 is 1.77 bits per heavy atom. The average Bonchev–Trinajstić information content (AvgIpc) is 2.88. The maximum atomic E-state index is 13.3. The van der Waals surface area contributed by atoms with Gasteiger partial charge in [0, 0.05) is 13.5 Å². The van der Waals surface area contributed by atoms with E-state index in [4.69, 9.17) is 0 Å². The Bertz CT molecular complexity index is 1150. The van der Waals surface area contributed by atoms with Gasteiger partial charge in [-0.05, 0) is 42.5 Å². The number of hydrogen-bond donors (Lipinski definition) is 0. The molecule has 0 saturated heterocycles. The molecular formula is C17H14F2N2O3S2. The van der Waals surface area contributed by atoms with E-state index in [0.29, 0.717) is 9.50 Å². The molecule has 0 N–H and O–H groups in total. The lowest BCUT2D eigenvalue weighted by Gasteiger charge is -2.02. The van der Waals surface area contributed by atoms with Crippen LogP contribution >= 0.6 is 11.3 Å². The molecule has 0 bridgehead atoms. The summed E-state index contributed by atoms with van der Waals surface area (Å²) in [5.41, 5.74) is 0.724. The van der Waals surface area contributed by atoms with Crippen molar-refractivity contribution in [3.8, 4) is 0 Å². The van der Waals surface area contributed by atoms with Gasteiger partial charge >= 0.3 is 0 Å². The van der Waals surface area contributed by atoms with E-state index in [1.807, 2.05) is 0 Å². The summed E-state index contributed by atoms with van der Waals surface area (Å²) in [6.07, 6.45) is -0.303. The van der Waals surface area contributed by atoms with E-state index in [2.05, 4.69) is 4.99 Å². The molecule has 26 heavy (non-hydrogen) atoms. The fourth-order valence-corrected chi connectivity index (χ4v) is 4.65. The predicted molar refractivity (Wildman–Crippen MR) is 94.4 cm³/mol. The van der Waals surface area contributed by atoms with Crippen LogP contribution in [0.1, 0.15) is 6.42 Å². The monoisotopic (exact) mass is 396 g/mol. The van der Waals surface area contributed by atoms with E-state index in [-0.39, 0.29) is 17.1 Å². The lowest BCUT2D eigenvalue weighted by molar-refractivity contribution is -0.117. The Kier molecular flexibility index (Phi) is 5.01. The van der Waals surface area contributed by atoms with Crippen molar-refractivity contribution in [2.45, 2.75) is 11.3 Å². The van der Waals surface area contributed by atoms with Gasteiger partial charge in [0.1, 0.15) is 11.6 Å². The Hall–Kier alpha value is -2.39. The van der Waals surface area contributed by atoms with Gasteiger partial charge in [0.25, 0.3) is 0 Å². The first-order valence-electron chi connectivity index (χ1n) is 7.57. The summed E-state index contributed by atoms with van der Waals surface area (Å²) in [6.45, 7) is 0. The molecule has 0 radical (unpaired) electrons. The van der Waals surface area contributed by atoms with Gasteiger partial charge in [-0.2, -0.15) is 4.99 Å². The van der Waals surface area contributed by atoms with Gasteiger partial charge in [0.2, 0.25) is 5.91 Å². The summed E-state index contributed by atoms with van der Waals surface area (Å²) in [5, 5.41) is 0. The number of nitrogens with zero attached hydrogens (tertiary/aromatic N) is 2. The highest BCUT2D eigenvalue weighted by Crippen LogP contribution is 2.18. The topological polar surface area (TPSA) is 68.5 Å². The molecule has 1 heterocycles. The number of benzene rings is 2. The van der Waals surface area contributed by atoms with Crippen molar-refractivity contribution >= 4 is 37.3 Å². The Labute approximate surface area is 152 Å². The highest BCUT2D eigenvalue weighted by Gasteiger charge is 2.16. The summed E-state index contributed by atoms with van der Waals surface area (Å²) in [6, 6.07) is 8.67. The minimum Gasteiger partial charge on any atom is -0.319 e. The average molecular weight is 396 g/mol. The van der Waals surface area contributed by atoms with Crippen LogP contribution in [0, 0.1) is 11.6 Å². The van der Waals surface area contributed by atoms with Gasteiger partial charge in [0.15, 0.2) is 14.6 Å². The Morgan fingerprint density at radius 1 is 1.12 bits per heavy atom. The van der Waals surface area contributed by atoms with Crippen LogP contribution in [0.5, 0.6) is 0 Å². The van der Waals surface area contributed by atoms with Crippen molar-refractivity contribution in [1.82, 2.24) is 4.57 Å². The number of aryl methyl sites for hydroxylation is 1. The molecule has 0 unspecified atom stereocenters. The standard InChI is InChI=1S/C17H14F2N2O3S2/c1-21-14-7-4-12(19)10-15(14)25-17(21)20-16(22)8-9-26(23,24)13-5-2-11(18)3-6-13/h2-7,10H,8-9H2,1H3. The van der Waals surface area contributed by atoms with E-state index >= 15 is 0 Å². The molecule has 0 saturated carbocycles. The highest BCUT2D eigenvalue weighted by atomic mass is 32.2. The molecule has 0 fully saturated rings. The Morgan fingerprint density at radius 3 is 2.46 bits per heavy atom. The molecule has 1 amide bonds. The second-order valence-electron chi connectivity index (χ2n) is 5.58. The Balaban J connectivity index is 1.79. The molecule has 1 aromatic heterocycles. The molecule has 3 aromatic rings. The molecule has 0 atom stereocenters. The van der Waals surface area contributed by atoms with Gasteiger partial charge in [-0.15, -0.1) is 0 Å². The largest absolute Gasteiger partial charge is 0.319 e. The number of sulfone groups is 1. The molecule has 0 aliphatic rings. The number of rotatable bonds is 4. The van der Waals surface area contributed by atoms with Gasteiger partial charge in [-0.3, -0.25) is 4.79 Å². The van der Waals surface area contributed by atoms with Crippen molar-refractivity contribution in [3.05, 3.63) is 58.9 Å². The van der Waals surface area contributed by atoms with Crippen LogP contribution < -0.4 is 4.80 Å². The first-order valence-corrected chi connectivity index (χ1v) is 10.0. The highest BCUT2D eigenvalue weighted by molar-refractivity contribution is 7.91. The van der Waals surface area contributed by atoms with Crippen LogP contribution in [-0.4, -0.2) is 24.6 Å². The zero-order chi connectivity index (χ0) is 18.9. The molecule has 0 spiro atoms. The lowest BCUT2D eigenvalue weighted by Crippen LogP contribution is -2.15. The normalized spacial score (nSPS) is 12.7. The van der Waals surface area contributed by atoms with Crippen molar-refractivity contribution in [3.63, 3.8) is 0 Å². The maximum absolute atomic E-state index is 13.3. The second kappa shape index (κ2) is 7.08.